The van der Waals surface area contributed by atoms with Crippen LogP contribution in [0.1, 0.15) is 28.9 Å². The summed E-state index contributed by atoms with van der Waals surface area (Å²) in [6, 6.07) is 13.9. The number of hydrogen-bond acceptors (Lipinski definition) is 3. The minimum Gasteiger partial charge on any atom is -0.228 e. The molecule has 0 saturated carbocycles. The molecular formula is C16H14FNO2S. The molecule has 0 aromatic heterocycles. The van der Waals surface area contributed by atoms with Crippen molar-refractivity contribution >= 4 is 9.84 Å². The highest BCUT2D eigenvalue weighted by atomic mass is 32.2. The summed E-state index contributed by atoms with van der Waals surface area (Å²) < 4.78 is 37.7. The van der Waals surface area contributed by atoms with Crippen LogP contribution < -0.4 is 0 Å². The molecule has 5 heteroatoms. The van der Waals surface area contributed by atoms with Gasteiger partial charge in [0, 0.05) is 0 Å². The minimum absolute atomic E-state index is 0.114. The molecule has 0 heterocycles. The molecule has 0 amide bonds. The van der Waals surface area contributed by atoms with E-state index in [0.717, 1.165) is 0 Å². The summed E-state index contributed by atoms with van der Waals surface area (Å²) >= 11 is 0. The summed E-state index contributed by atoms with van der Waals surface area (Å²) in [5.74, 6) is -0.507. The van der Waals surface area contributed by atoms with Crippen molar-refractivity contribution in [3.63, 3.8) is 0 Å². The molecule has 0 aliphatic carbocycles. The summed E-state index contributed by atoms with van der Waals surface area (Å²) in [6.07, 6.45) is 0. The second-order valence-corrected chi connectivity index (χ2v) is 7.13. The van der Waals surface area contributed by atoms with Gasteiger partial charge in [-0.05, 0) is 42.3 Å². The van der Waals surface area contributed by atoms with Gasteiger partial charge >= 0.3 is 0 Å². The third kappa shape index (κ3) is 3.67. The minimum atomic E-state index is -3.40. The summed E-state index contributed by atoms with van der Waals surface area (Å²) in [4.78, 5) is 0. The number of hydrogen-bond donors (Lipinski definition) is 0. The Morgan fingerprint density at radius 1 is 1.10 bits per heavy atom. The lowest BCUT2D eigenvalue weighted by atomic mass is 10.2. The number of nitriles is 1. The average Bonchev–Trinajstić information content (AvgIpc) is 2.48. The maximum Gasteiger partial charge on any atom is 0.161 e. The summed E-state index contributed by atoms with van der Waals surface area (Å²) in [5.41, 5.74) is 1.68. The van der Waals surface area contributed by atoms with Crippen LogP contribution in [0, 0.1) is 17.1 Å². The highest BCUT2D eigenvalue weighted by Gasteiger charge is 2.23. The predicted molar refractivity (Wildman–Crippen MR) is 78.6 cm³/mol. The monoisotopic (exact) mass is 303 g/mol. The third-order valence-corrected chi connectivity index (χ3v) is 5.41. The second-order valence-electron chi connectivity index (χ2n) is 4.81. The zero-order valence-corrected chi connectivity index (χ0v) is 12.3. The Kier molecular flexibility index (Phi) is 4.39. The van der Waals surface area contributed by atoms with Gasteiger partial charge in [0.15, 0.2) is 9.84 Å². The van der Waals surface area contributed by atoms with E-state index in [1.54, 1.807) is 31.2 Å². The molecule has 0 bridgehead atoms. The van der Waals surface area contributed by atoms with E-state index in [2.05, 4.69) is 0 Å². The largest absolute Gasteiger partial charge is 0.228 e. The van der Waals surface area contributed by atoms with Crippen LogP contribution in [-0.4, -0.2) is 8.42 Å². The number of rotatable bonds is 4. The van der Waals surface area contributed by atoms with Gasteiger partial charge in [-0.3, -0.25) is 0 Å². The summed E-state index contributed by atoms with van der Waals surface area (Å²) in [6.45, 7) is 1.59. The van der Waals surface area contributed by atoms with Gasteiger partial charge < -0.3 is 0 Å². The summed E-state index contributed by atoms with van der Waals surface area (Å²) in [7, 11) is -3.40. The maximum atomic E-state index is 12.9. The molecule has 21 heavy (non-hydrogen) atoms. The molecular weight excluding hydrogens is 289 g/mol. The van der Waals surface area contributed by atoms with Gasteiger partial charge in [0.25, 0.3) is 0 Å². The van der Waals surface area contributed by atoms with Gasteiger partial charge in [-0.1, -0.05) is 24.3 Å². The molecule has 3 nitrogen and oxygen atoms in total. The Hall–Kier alpha value is -2.19. The quantitative estimate of drug-likeness (QED) is 0.870. The molecule has 2 rings (SSSR count). The van der Waals surface area contributed by atoms with Crippen molar-refractivity contribution in [3.05, 3.63) is 71.0 Å². The van der Waals surface area contributed by atoms with E-state index in [1.807, 2.05) is 6.07 Å². The van der Waals surface area contributed by atoms with Crippen LogP contribution in [0.5, 0.6) is 0 Å². The Balaban J connectivity index is 2.21. The third-order valence-electron chi connectivity index (χ3n) is 3.33. The molecule has 0 aliphatic rings. The fraction of sp³-hybridized carbons (Fsp3) is 0.188. The Bertz CT molecular complexity index is 759. The van der Waals surface area contributed by atoms with Crippen molar-refractivity contribution in [1.29, 1.82) is 5.26 Å². The maximum absolute atomic E-state index is 12.9. The first kappa shape index (κ1) is 15.2. The number of benzene rings is 2. The molecule has 0 saturated heterocycles. The number of sulfone groups is 1. The van der Waals surface area contributed by atoms with E-state index in [4.69, 9.17) is 5.26 Å². The SMILES string of the molecule is C[C@H](c1ccc(F)cc1)S(=O)(=O)Cc1ccc(C#N)cc1. The average molecular weight is 303 g/mol. The Morgan fingerprint density at radius 2 is 1.67 bits per heavy atom. The van der Waals surface area contributed by atoms with E-state index >= 15 is 0 Å². The molecule has 0 radical (unpaired) electrons. The molecule has 1 atom stereocenters. The van der Waals surface area contributed by atoms with Gasteiger partial charge in [-0.25, -0.2) is 12.8 Å². The Labute approximate surface area is 123 Å². The van der Waals surface area contributed by atoms with Crippen molar-refractivity contribution < 1.29 is 12.8 Å². The van der Waals surface area contributed by atoms with Crippen LogP contribution in [0.4, 0.5) is 4.39 Å². The molecule has 2 aromatic rings. The van der Waals surface area contributed by atoms with Crippen molar-refractivity contribution in [1.82, 2.24) is 0 Å². The number of halogens is 1. The summed E-state index contributed by atoms with van der Waals surface area (Å²) in [5, 5.41) is 8.01. The smallest absolute Gasteiger partial charge is 0.161 e. The van der Waals surface area contributed by atoms with Crippen molar-refractivity contribution in [2.24, 2.45) is 0 Å². The van der Waals surface area contributed by atoms with E-state index < -0.39 is 20.9 Å². The first-order valence-corrected chi connectivity index (χ1v) is 8.10. The van der Waals surface area contributed by atoms with Crippen LogP contribution in [-0.2, 0) is 15.6 Å². The number of nitrogens with zero attached hydrogens (tertiary/aromatic N) is 1. The molecule has 0 aliphatic heterocycles. The van der Waals surface area contributed by atoms with Crippen molar-refractivity contribution in [2.75, 3.05) is 0 Å². The highest BCUT2D eigenvalue weighted by Crippen LogP contribution is 2.25. The second kappa shape index (κ2) is 6.06. The zero-order valence-electron chi connectivity index (χ0n) is 11.5. The van der Waals surface area contributed by atoms with Gasteiger partial charge in [-0.15, -0.1) is 0 Å². The molecule has 2 aromatic carbocycles. The predicted octanol–water partition coefficient (Wildman–Crippen LogP) is 3.37. The molecule has 0 spiro atoms. The fourth-order valence-corrected chi connectivity index (χ4v) is 3.45. The first-order valence-electron chi connectivity index (χ1n) is 6.38. The van der Waals surface area contributed by atoms with Gasteiger partial charge in [0.05, 0.1) is 22.6 Å². The van der Waals surface area contributed by atoms with E-state index in [1.165, 1.54) is 24.3 Å². The van der Waals surface area contributed by atoms with Crippen LogP contribution in [0.25, 0.3) is 0 Å². The zero-order chi connectivity index (χ0) is 15.5. The molecule has 108 valence electrons. The lowest BCUT2D eigenvalue weighted by Crippen LogP contribution is -2.13. The van der Waals surface area contributed by atoms with Crippen LogP contribution >= 0.6 is 0 Å². The van der Waals surface area contributed by atoms with Crippen LogP contribution in [0.15, 0.2) is 48.5 Å². The highest BCUT2D eigenvalue weighted by molar-refractivity contribution is 7.90. The lowest BCUT2D eigenvalue weighted by molar-refractivity contribution is 0.584. The van der Waals surface area contributed by atoms with Gasteiger partial charge in [0.2, 0.25) is 0 Å². The van der Waals surface area contributed by atoms with Gasteiger partial charge in [0.1, 0.15) is 5.82 Å². The molecule has 0 fully saturated rings. The standard InChI is InChI=1S/C16H14FNO2S/c1-12(15-6-8-16(17)9-7-15)21(19,20)11-14-4-2-13(10-18)3-5-14/h2-9,12H,11H2,1H3/t12-/m1/s1. The van der Waals surface area contributed by atoms with Crippen LogP contribution in [0.2, 0.25) is 0 Å². The molecule has 0 unspecified atom stereocenters. The first-order chi connectivity index (χ1) is 9.92. The van der Waals surface area contributed by atoms with Crippen LogP contribution in [0.3, 0.4) is 0 Å². The topological polar surface area (TPSA) is 57.9 Å². The van der Waals surface area contributed by atoms with E-state index in [0.29, 0.717) is 16.7 Å². The van der Waals surface area contributed by atoms with Crippen molar-refractivity contribution in [2.45, 2.75) is 17.9 Å². The van der Waals surface area contributed by atoms with E-state index in [-0.39, 0.29) is 5.75 Å². The fourth-order valence-electron chi connectivity index (χ4n) is 1.97. The Morgan fingerprint density at radius 3 is 2.19 bits per heavy atom. The molecule has 0 N–H and O–H groups in total. The van der Waals surface area contributed by atoms with Crippen molar-refractivity contribution in [3.8, 4) is 6.07 Å². The van der Waals surface area contributed by atoms with E-state index in [9.17, 15) is 12.8 Å². The lowest BCUT2D eigenvalue weighted by Gasteiger charge is -2.13. The normalized spacial score (nSPS) is 12.6. The van der Waals surface area contributed by atoms with Gasteiger partial charge in [-0.2, -0.15) is 5.26 Å².